The number of nitrogens with zero attached hydrogens (tertiary/aromatic N) is 3. The van der Waals surface area contributed by atoms with E-state index in [2.05, 4.69) is 15.3 Å². The summed E-state index contributed by atoms with van der Waals surface area (Å²) in [6.07, 6.45) is 1.05. The smallest absolute Gasteiger partial charge is 0.239 e. The fraction of sp³-hybridized carbons (Fsp3) is 0.250. The normalized spacial score (nSPS) is 17.2. The van der Waals surface area contributed by atoms with E-state index in [1.165, 1.54) is 0 Å². The number of ether oxygens (including phenoxy) is 1. The molecule has 2 aromatic heterocycles. The number of nitrogens with one attached hydrogen (secondary N) is 1. The van der Waals surface area contributed by atoms with Crippen LogP contribution in [0.1, 0.15) is 5.48 Å². The quantitative estimate of drug-likeness (QED) is 0.782. The van der Waals surface area contributed by atoms with Gasteiger partial charge in [-0.1, -0.05) is 18.2 Å². The number of morpholine rings is 1. The second-order valence-electron chi connectivity index (χ2n) is 6.03. The van der Waals surface area contributed by atoms with Crippen LogP contribution in [0.25, 0.3) is 21.9 Å². The lowest BCUT2D eigenvalue weighted by Crippen LogP contribution is -2.41. The van der Waals surface area contributed by atoms with Gasteiger partial charge in [-0.3, -0.25) is 14.7 Å². The van der Waals surface area contributed by atoms with Crippen LogP contribution in [0.3, 0.4) is 0 Å². The molecule has 1 amide bonds. The van der Waals surface area contributed by atoms with Gasteiger partial charge in [0, 0.05) is 42.6 Å². The number of benzene rings is 1. The van der Waals surface area contributed by atoms with Crippen LogP contribution < -0.4 is 5.32 Å². The summed E-state index contributed by atoms with van der Waals surface area (Å²) in [7, 11) is 0. The number of aromatic nitrogens is 2. The van der Waals surface area contributed by atoms with Crippen molar-refractivity contribution in [3.05, 3.63) is 54.9 Å². The molecule has 0 aliphatic carbocycles. The predicted molar refractivity (Wildman–Crippen MR) is 101 cm³/mol. The van der Waals surface area contributed by atoms with Crippen LogP contribution >= 0.6 is 0 Å². The molecular formula is C20H20N4O2. The van der Waals surface area contributed by atoms with Crippen molar-refractivity contribution in [2.75, 3.05) is 38.2 Å². The summed E-state index contributed by atoms with van der Waals surface area (Å²) in [6, 6.07) is 6.52. The molecule has 0 saturated carbocycles. The number of hydrogen-bond donors (Lipinski definition) is 1. The largest absolute Gasteiger partial charge is 0.379 e. The van der Waals surface area contributed by atoms with Crippen molar-refractivity contribution in [2.45, 2.75) is 0 Å². The molecule has 0 atom stereocenters. The molecule has 3 heterocycles. The highest BCUT2D eigenvalue weighted by Crippen LogP contribution is 2.24. The minimum Gasteiger partial charge on any atom is -0.379 e. The Morgan fingerprint density at radius 1 is 1.23 bits per heavy atom. The van der Waals surface area contributed by atoms with E-state index >= 15 is 0 Å². The lowest BCUT2D eigenvalue weighted by atomic mass is 10.0. The fourth-order valence-electron chi connectivity index (χ4n) is 2.88. The average Bonchev–Trinajstić information content (AvgIpc) is 2.72. The van der Waals surface area contributed by atoms with Gasteiger partial charge in [0.05, 0.1) is 25.2 Å². The molecule has 1 saturated heterocycles. The van der Waals surface area contributed by atoms with Gasteiger partial charge < -0.3 is 10.1 Å². The number of hydrogen-bond acceptors (Lipinski definition) is 5. The van der Waals surface area contributed by atoms with E-state index in [1.807, 2.05) is 4.90 Å². The Labute approximate surface area is 157 Å². The summed E-state index contributed by atoms with van der Waals surface area (Å²) in [6.45, 7) is 2.95. The highest BCUT2D eigenvalue weighted by atomic mass is 16.5. The highest BCUT2D eigenvalue weighted by molar-refractivity contribution is 5.94. The van der Waals surface area contributed by atoms with Crippen LogP contribution in [0, 0.1) is 0 Å². The van der Waals surface area contributed by atoms with Crippen molar-refractivity contribution in [1.29, 1.82) is 0 Å². The average molecular weight is 352 g/mol. The molecule has 3 aromatic rings. The van der Waals surface area contributed by atoms with E-state index in [1.54, 1.807) is 30.5 Å². The van der Waals surface area contributed by atoms with E-state index in [4.69, 9.17) is 10.2 Å². The third-order valence-corrected chi connectivity index (χ3v) is 4.22. The van der Waals surface area contributed by atoms with Gasteiger partial charge in [0.1, 0.15) is 5.82 Å². The minimum atomic E-state index is -0.385. The molecule has 1 fully saturated rings. The first-order valence-corrected chi connectivity index (χ1v) is 8.37. The summed E-state index contributed by atoms with van der Waals surface area (Å²) in [5, 5.41) is 4.41. The fourth-order valence-corrected chi connectivity index (χ4v) is 2.88. The van der Waals surface area contributed by atoms with E-state index < -0.39 is 0 Å². The second kappa shape index (κ2) is 7.59. The van der Waals surface area contributed by atoms with Crippen LogP contribution in [-0.2, 0) is 9.53 Å². The van der Waals surface area contributed by atoms with Crippen molar-refractivity contribution in [3.8, 4) is 11.1 Å². The summed E-state index contributed by atoms with van der Waals surface area (Å²) in [5.41, 5.74) is 0.753. The molecule has 132 valence electrons. The zero-order valence-electron chi connectivity index (χ0n) is 18.1. The zero-order valence-corrected chi connectivity index (χ0v) is 14.1. The lowest BCUT2D eigenvalue weighted by Gasteiger charge is -2.25. The molecule has 0 spiro atoms. The molecule has 0 unspecified atom stereocenters. The number of carbonyl (C=O) groups excluding carboxylic acids is 1. The van der Waals surface area contributed by atoms with Crippen LogP contribution in [0.5, 0.6) is 0 Å². The number of pyridine rings is 2. The van der Waals surface area contributed by atoms with Gasteiger partial charge in [-0.25, -0.2) is 4.98 Å². The van der Waals surface area contributed by atoms with Gasteiger partial charge >= 0.3 is 0 Å². The monoisotopic (exact) mass is 352 g/mol. The Morgan fingerprint density at radius 2 is 2.12 bits per heavy atom. The number of anilines is 1. The molecular weight excluding hydrogens is 328 g/mol. The molecule has 1 aliphatic heterocycles. The van der Waals surface area contributed by atoms with E-state index in [-0.39, 0.29) is 42.4 Å². The van der Waals surface area contributed by atoms with Crippen molar-refractivity contribution < 1.29 is 15.0 Å². The Hall–Kier alpha value is -2.83. The summed E-state index contributed by atoms with van der Waals surface area (Å²) in [4.78, 5) is 22.4. The number of fused-ring (bicyclic) bond motifs is 1. The van der Waals surface area contributed by atoms with Gasteiger partial charge in [-0.15, -0.1) is 0 Å². The number of carbonyl (C=O) groups is 1. The van der Waals surface area contributed by atoms with Crippen molar-refractivity contribution >= 4 is 22.5 Å². The molecule has 6 nitrogen and oxygen atoms in total. The molecule has 1 N–H and O–H groups in total. The molecule has 0 bridgehead atoms. The Morgan fingerprint density at radius 3 is 3.00 bits per heavy atom. The molecule has 6 heteroatoms. The van der Waals surface area contributed by atoms with Gasteiger partial charge in [0.15, 0.2) is 0 Å². The van der Waals surface area contributed by atoms with Crippen LogP contribution in [0.4, 0.5) is 5.82 Å². The van der Waals surface area contributed by atoms with E-state index in [0.29, 0.717) is 24.6 Å². The minimum absolute atomic E-state index is 0.157. The zero-order chi connectivity index (χ0) is 21.3. The molecule has 26 heavy (non-hydrogen) atoms. The maximum atomic E-state index is 12.3. The molecule has 0 radical (unpaired) electrons. The van der Waals surface area contributed by atoms with Gasteiger partial charge in [-0.05, 0) is 29.1 Å². The standard InChI is InChI=1S/C20H20N4O2/c25-20(14-24-6-8-26-9-7-24)23-19-11-18-10-15(3-4-17(18)13-22-19)16-2-1-5-21-12-16/h1-5,10-13H,6-9,14H2,(H,22,23,25)/i1D,2D,5D,12D. The van der Waals surface area contributed by atoms with Crippen molar-refractivity contribution in [2.24, 2.45) is 0 Å². The molecule has 1 aromatic carbocycles. The topological polar surface area (TPSA) is 67.4 Å². The van der Waals surface area contributed by atoms with Gasteiger partial charge in [-0.2, -0.15) is 0 Å². The Balaban J connectivity index is 1.60. The SMILES string of the molecule is [2H]c1nc([2H])c(-c2ccc3cnc(NC(=O)CN4CCOCC4)cc3c2)c([2H])c1[2H]. The van der Waals surface area contributed by atoms with Crippen LogP contribution in [0.2, 0.25) is 0 Å². The predicted octanol–water partition coefficient (Wildman–Crippen LogP) is 2.57. The number of rotatable bonds is 4. The third-order valence-electron chi connectivity index (χ3n) is 4.22. The lowest BCUT2D eigenvalue weighted by molar-refractivity contribution is -0.118. The molecule has 4 rings (SSSR count). The van der Waals surface area contributed by atoms with Crippen LogP contribution in [0.15, 0.2) is 54.9 Å². The first-order chi connectivity index (χ1) is 14.4. The maximum absolute atomic E-state index is 12.3. The Bertz CT molecular complexity index is 1120. The highest BCUT2D eigenvalue weighted by Gasteiger charge is 2.14. The Kier molecular flexibility index (Phi) is 3.65. The van der Waals surface area contributed by atoms with E-state index in [0.717, 1.165) is 23.9 Å². The van der Waals surface area contributed by atoms with Gasteiger partial charge in [0.25, 0.3) is 0 Å². The summed E-state index contributed by atoms with van der Waals surface area (Å²) in [5.74, 6) is 0.256. The van der Waals surface area contributed by atoms with Crippen LogP contribution in [-0.4, -0.2) is 53.6 Å². The van der Waals surface area contributed by atoms with E-state index in [9.17, 15) is 4.79 Å². The maximum Gasteiger partial charge on any atom is 0.239 e. The molecule has 1 aliphatic rings. The second-order valence-corrected chi connectivity index (χ2v) is 6.03. The summed E-state index contributed by atoms with van der Waals surface area (Å²) < 4.78 is 36.9. The summed E-state index contributed by atoms with van der Waals surface area (Å²) >= 11 is 0. The first kappa shape index (κ1) is 12.5. The van der Waals surface area contributed by atoms with Crippen molar-refractivity contribution in [1.82, 2.24) is 14.9 Å². The van der Waals surface area contributed by atoms with Crippen molar-refractivity contribution in [3.63, 3.8) is 0 Å². The number of amides is 1. The van der Waals surface area contributed by atoms with Gasteiger partial charge in [0.2, 0.25) is 5.91 Å². The third kappa shape index (κ3) is 3.87. The first-order valence-electron chi connectivity index (χ1n) is 10.4.